The van der Waals surface area contributed by atoms with Crippen molar-refractivity contribution in [2.24, 2.45) is 0 Å². The number of hydrogen-bond donors (Lipinski definition) is 0. The van der Waals surface area contributed by atoms with Crippen LogP contribution in [0, 0.1) is 41.5 Å². The number of nitrogens with zero attached hydrogens (tertiary/aromatic N) is 2. The SMILES string of the molecule is Cc1cc(C)c(N2C=[N+](c3c(C)cc(C)cc3C)C(c3ccccc3)C2c2ccccc2)c(C)c1.F[B-](F)(F)F. The number of hydrogen-bond acceptors (Lipinski definition) is 1. The summed E-state index contributed by atoms with van der Waals surface area (Å²) in [7, 11) is -6.00. The van der Waals surface area contributed by atoms with Crippen LogP contribution in [0.5, 0.6) is 0 Å². The number of rotatable bonds is 4. The van der Waals surface area contributed by atoms with Crippen LogP contribution in [0.25, 0.3) is 0 Å². The molecule has 2 nitrogen and oxygen atoms in total. The van der Waals surface area contributed by atoms with Crippen molar-refractivity contribution in [2.45, 2.75) is 53.6 Å². The molecule has 0 radical (unpaired) electrons. The van der Waals surface area contributed by atoms with Crippen molar-refractivity contribution in [3.63, 3.8) is 0 Å². The molecule has 5 rings (SSSR count). The maximum Gasteiger partial charge on any atom is 0.673 e. The van der Waals surface area contributed by atoms with E-state index in [4.69, 9.17) is 0 Å². The van der Waals surface area contributed by atoms with Gasteiger partial charge in [-0.1, -0.05) is 96.1 Å². The second-order valence-corrected chi connectivity index (χ2v) is 10.6. The minimum absolute atomic E-state index is 0.138. The fraction of sp³-hybridized carbons (Fsp3) is 0.242. The van der Waals surface area contributed by atoms with Crippen molar-refractivity contribution in [3.05, 3.63) is 129 Å². The van der Waals surface area contributed by atoms with Gasteiger partial charge >= 0.3 is 7.25 Å². The molecule has 4 aromatic rings. The van der Waals surface area contributed by atoms with Crippen LogP contribution in [0.15, 0.2) is 84.9 Å². The molecule has 0 amide bonds. The number of aryl methyl sites for hydroxylation is 6. The van der Waals surface area contributed by atoms with E-state index in [1.165, 1.54) is 55.9 Å². The van der Waals surface area contributed by atoms with E-state index < -0.39 is 7.25 Å². The van der Waals surface area contributed by atoms with E-state index in [1.807, 2.05) is 0 Å². The van der Waals surface area contributed by atoms with Crippen molar-refractivity contribution in [2.75, 3.05) is 4.90 Å². The Morgan fingerprint density at radius 1 is 0.600 bits per heavy atom. The molecule has 40 heavy (non-hydrogen) atoms. The molecule has 208 valence electrons. The molecule has 0 saturated carbocycles. The van der Waals surface area contributed by atoms with Gasteiger partial charge in [0.15, 0.2) is 12.1 Å². The number of benzene rings is 4. The maximum absolute atomic E-state index is 9.75. The van der Waals surface area contributed by atoms with Crippen LogP contribution in [0.1, 0.15) is 56.6 Å². The van der Waals surface area contributed by atoms with Crippen LogP contribution in [-0.2, 0) is 0 Å². The van der Waals surface area contributed by atoms with Gasteiger partial charge < -0.3 is 17.3 Å². The van der Waals surface area contributed by atoms with E-state index >= 15 is 0 Å². The molecule has 0 saturated heterocycles. The summed E-state index contributed by atoms with van der Waals surface area (Å²) in [6.07, 6.45) is 2.37. The van der Waals surface area contributed by atoms with E-state index in [-0.39, 0.29) is 12.1 Å². The predicted molar refractivity (Wildman–Crippen MR) is 158 cm³/mol. The standard InChI is InChI=1S/C33H35N2.BF4/c1-22-17-24(3)30(25(4)18-22)34-21-35(31-26(5)19-23(2)20-27(31)6)33(29-15-11-8-12-16-29)32(34)28-13-9-7-10-14-28;2-1(3,4)5/h7-21,32-33H,1-6H3;/q+1;-1. The minimum atomic E-state index is -6.00. The van der Waals surface area contributed by atoms with Gasteiger partial charge in [-0.15, -0.1) is 0 Å². The molecule has 7 heteroatoms. The predicted octanol–water partition coefficient (Wildman–Crippen LogP) is 9.51. The zero-order chi connectivity index (χ0) is 29.2. The molecule has 0 aromatic heterocycles. The molecule has 0 spiro atoms. The van der Waals surface area contributed by atoms with Gasteiger partial charge in [0.1, 0.15) is 11.4 Å². The normalized spacial score (nSPS) is 16.9. The van der Waals surface area contributed by atoms with Crippen LogP contribution in [0.2, 0.25) is 0 Å². The summed E-state index contributed by atoms with van der Waals surface area (Å²) in [6.45, 7) is 13.3. The highest BCUT2D eigenvalue weighted by Crippen LogP contribution is 2.47. The van der Waals surface area contributed by atoms with Crippen molar-refractivity contribution >= 4 is 25.0 Å². The summed E-state index contributed by atoms with van der Waals surface area (Å²) in [6, 6.07) is 31.5. The molecule has 0 bridgehead atoms. The zero-order valence-corrected chi connectivity index (χ0v) is 23.8. The molecule has 0 N–H and O–H groups in total. The highest BCUT2D eigenvalue weighted by molar-refractivity contribution is 6.50. The first-order valence-corrected chi connectivity index (χ1v) is 13.4. The lowest BCUT2D eigenvalue weighted by atomic mass is 9.91. The lowest BCUT2D eigenvalue weighted by molar-refractivity contribution is -0.482. The molecule has 1 aliphatic rings. The molecule has 1 aliphatic heterocycles. The molecule has 2 unspecified atom stereocenters. The van der Waals surface area contributed by atoms with Gasteiger partial charge in [0.2, 0.25) is 6.34 Å². The summed E-state index contributed by atoms with van der Waals surface area (Å²) in [5.74, 6) is 0. The molecular weight excluding hydrogens is 511 g/mol. The van der Waals surface area contributed by atoms with Gasteiger partial charge in [-0.25, -0.2) is 9.48 Å². The van der Waals surface area contributed by atoms with Crippen molar-refractivity contribution < 1.29 is 21.8 Å². The average molecular weight is 546 g/mol. The molecule has 4 aromatic carbocycles. The van der Waals surface area contributed by atoms with Crippen LogP contribution >= 0.6 is 0 Å². The molecule has 1 heterocycles. The fourth-order valence-corrected chi connectivity index (χ4v) is 6.12. The smallest absolute Gasteiger partial charge is 0.418 e. The van der Waals surface area contributed by atoms with E-state index in [0.29, 0.717) is 0 Å². The Morgan fingerprint density at radius 3 is 1.45 bits per heavy atom. The van der Waals surface area contributed by atoms with Gasteiger partial charge in [-0.3, -0.25) is 0 Å². The molecule has 2 atom stereocenters. The van der Waals surface area contributed by atoms with E-state index in [0.717, 1.165) is 0 Å². The summed E-state index contributed by atoms with van der Waals surface area (Å²) in [4.78, 5) is 2.52. The molecular formula is C33H35BF4N2. The van der Waals surface area contributed by atoms with Gasteiger partial charge in [0.05, 0.1) is 0 Å². The Kier molecular flexibility index (Phi) is 8.52. The second kappa shape index (κ2) is 11.7. The first-order valence-electron chi connectivity index (χ1n) is 13.4. The highest BCUT2D eigenvalue weighted by atomic mass is 19.5. The monoisotopic (exact) mass is 546 g/mol. The lowest BCUT2D eigenvalue weighted by Crippen LogP contribution is -2.27. The average Bonchev–Trinajstić information content (AvgIpc) is 3.22. The Balaban J connectivity index is 0.000000681. The quantitative estimate of drug-likeness (QED) is 0.140. The lowest BCUT2D eigenvalue weighted by Gasteiger charge is -2.26. The van der Waals surface area contributed by atoms with Gasteiger partial charge in [-0.05, 0) is 63.8 Å². The maximum atomic E-state index is 9.75. The van der Waals surface area contributed by atoms with E-state index in [9.17, 15) is 17.3 Å². The Morgan fingerprint density at radius 2 is 1.00 bits per heavy atom. The fourth-order valence-electron chi connectivity index (χ4n) is 6.12. The largest absolute Gasteiger partial charge is 0.673 e. The van der Waals surface area contributed by atoms with Crippen molar-refractivity contribution in [1.29, 1.82) is 0 Å². The zero-order valence-electron chi connectivity index (χ0n) is 23.8. The van der Waals surface area contributed by atoms with Crippen molar-refractivity contribution in [3.8, 4) is 0 Å². The van der Waals surface area contributed by atoms with E-state index in [2.05, 4.69) is 142 Å². The summed E-state index contributed by atoms with van der Waals surface area (Å²) < 4.78 is 41.5. The van der Waals surface area contributed by atoms with Crippen LogP contribution in [-0.4, -0.2) is 18.2 Å². The Hall–Kier alpha value is -3.87. The van der Waals surface area contributed by atoms with E-state index in [1.54, 1.807) is 0 Å². The third kappa shape index (κ3) is 6.47. The van der Waals surface area contributed by atoms with Crippen LogP contribution in [0.4, 0.5) is 28.6 Å². The summed E-state index contributed by atoms with van der Waals surface area (Å²) >= 11 is 0. The van der Waals surface area contributed by atoms with Gasteiger partial charge in [0.25, 0.3) is 0 Å². The molecule has 0 fully saturated rings. The van der Waals surface area contributed by atoms with Crippen LogP contribution < -0.4 is 4.90 Å². The first kappa shape index (κ1) is 29.1. The highest BCUT2D eigenvalue weighted by Gasteiger charge is 2.47. The van der Waals surface area contributed by atoms with Gasteiger partial charge in [0, 0.05) is 11.1 Å². The number of halogens is 4. The topological polar surface area (TPSA) is 6.25 Å². The van der Waals surface area contributed by atoms with Crippen molar-refractivity contribution in [1.82, 2.24) is 0 Å². The van der Waals surface area contributed by atoms with Gasteiger partial charge in [-0.2, -0.15) is 0 Å². The summed E-state index contributed by atoms with van der Waals surface area (Å²) in [5, 5.41) is 0. The second-order valence-electron chi connectivity index (χ2n) is 10.6. The first-order chi connectivity index (χ1) is 18.8. The number of anilines is 1. The Bertz CT molecular complexity index is 1460. The summed E-state index contributed by atoms with van der Waals surface area (Å²) in [5.41, 5.74) is 13.1. The minimum Gasteiger partial charge on any atom is -0.418 e. The third-order valence-corrected chi connectivity index (χ3v) is 7.22. The molecule has 0 aliphatic carbocycles. The Labute approximate surface area is 234 Å². The third-order valence-electron chi connectivity index (χ3n) is 7.22. The van der Waals surface area contributed by atoms with Crippen LogP contribution in [0.3, 0.4) is 0 Å².